The quantitative estimate of drug-likeness (QED) is 0.463. The third-order valence-corrected chi connectivity index (χ3v) is 4.31. The number of benzene rings is 1. The Morgan fingerprint density at radius 1 is 0.724 bits per heavy atom. The van der Waals surface area contributed by atoms with Gasteiger partial charge >= 0.3 is 0 Å². The van der Waals surface area contributed by atoms with Crippen molar-refractivity contribution in [3.05, 3.63) is 61.2 Å². The van der Waals surface area contributed by atoms with Crippen molar-refractivity contribution in [3.8, 4) is 34.1 Å². The molecule has 0 aliphatic rings. The zero-order valence-electron chi connectivity index (χ0n) is 17.0. The Morgan fingerprint density at radius 2 is 1.45 bits per heavy atom. The zero-order valence-corrected chi connectivity index (χ0v) is 17.0. The molecule has 3 aromatic heterocycles. The summed E-state index contributed by atoms with van der Waals surface area (Å²) in [4.78, 5) is 13.3. The summed E-state index contributed by atoms with van der Waals surface area (Å²) in [5.41, 5.74) is 4.67. The van der Waals surface area contributed by atoms with Crippen LogP contribution in [-0.2, 0) is 0 Å². The molecule has 0 N–H and O–H groups in total. The Balaban J connectivity index is 1.66. The van der Waals surface area contributed by atoms with Gasteiger partial charge in [-0.2, -0.15) is 0 Å². The average Bonchev–Trinajstić information content (AvgIpc) is 3.11. The molecule has 29 heavy (non-hydrogen) atoms. The Hall–Kier alpha value is -3.41. The molecular weight excluding hydrogens is 364 g/mol. The van der Waals surface area contributed by atoms with Gasteiger partial charge in [-0.1, -0.05) is 12.1 Å². The van der Waals surface area contributed by atoms with Crippen LogP contribution in [0.2, 0.25) is 0 Å². The Kier molecular flexibility index (Phi) is 5.16. The fourth-order valence-electron chi connectivity index (χ4n) is 3.09. The number of fused-ring (bicyclic) bond motifs is 1. The second-order valence-electron chi connectivity index (χ2n) is 7.39. The lowest BCUT2D eigenvalue weighted by molar-refractivity contribution is 0.231. The maximum atomic E-state index is 5.73. The predicted octanol–water partition coefficient (Wildman–Crippen LogP) is 5.03. The summed E-state index contributed by atoms with van der Waals surface area (Å²) in [6.45, 7) is 7.96. The maximum absolute atomic E-state index is 5.73. The van der Waals surface area contributed by atoms with Gasteiger partial charge in [-0.3, -0.25) is 4.40 Å². The van der Waals surface area contributed by atoms with Crippen LogP contribution in [0.15, 0.2) is 61.2 Å². The minimum absolute atomic E-state index is 0.0610. The summed E-state index contributed by atoms with van der Waals surface area (Å²) in [7, 11) is 0. The third-order valence-electron chi connectivity index (χ3n) is 4.31. The van der Waals surface area contributed by atoms with Crippen LogP contribution in [0.5, 0.6) is 11.6 Å². The van der Waals surface area contributed by atoms with Crippen molar-refractivity contribution < 1.29 is 9.47 Å². The minimum atomic E-state index is 0.0610. The molecule has 0 fully saturated rings. The molecular formula is C23H24N4O2. The van der Waals surface area contributed by atoms with E-state index >= 15 is 0 Å². The van der Waals surface area contributed by atoms with Crippen LogP contribution in [0.4, 0.5) is 0 Å². The van der Waals surface area contributed by atoms with Gasteiger partial charge in [0, 0.05) is 6.20 Å². The Bertz CT molecular complexity index is 1100. The van der Waals surface area contributed by atoms with Gasteiger partial charge in [-0.25, -0.2) is 15.0 Å². The summed E-state index contributed by atoms with van der Waals surface area (Å²) in [6.07, 6.45) is 7.45. The van der Waals surface area contributed by atoms with E-state index in [1.54, 1.807) is 12.4 Å². The van der Waals surface area contributed by atoms with E-state index in [2.05, 4.69) is 39.3 Å². The second-order valence-corrected chi connectivity index (χ2v) is 7.39. The SMILES string of the molecule is CC(C)Oc1ccc(-c2ccc3ncc(-c4cnc(OC(C)C)cn4)n3c2)cc1. The fourth-order valence-corrected chi connectivity index (χ4v) is 3.09. The molecule has 0 atom stereocenters. The molecule has 4 rings (SSSR count). The highest BCUT2D eigenvalue weighted by molar-refractivity contribution is 5.68. The normalized spacial score (nSPS) is 11.4. The first kappa shape index (κ1) is 18.9. The summed E-state index contributed by atoms with van der Waals surface area (Å²) in [5, 5.41) is 0. The van der Waals surface area contributed by atoms with E-state index in [-0.39, 0.29) is 12.2 Å². The highest BCUT2D eigenvalue weighted by atomic mass is 16.5. The molecule has 0 bridgehead atoms. The van der Waals surface area contributed by atoms with Crippen LogP contribution in [0, 0.1) is 0 Å². The van der Waals surface area contributed by atoms with Gasteiger partial charge in [0.2, 0.25) is 5.88 Å². The molecule has 0 saturated heterocycles. The first-order chi connectivity index (χ1) is 14.0. The molecule has 4 aromatic rings. The van der Waals surface area contributed by atoms with E-state index in [9.17, 15) is 0 Å². The standard InChI is InChI=1S/C23H24N4O2/c1-15(2)28-19-8-5-17(6-9-19)18-7-10-22-25-12-21(27(22)14-18)20-11-26-23(13-24-20)29-16(3)4/h5-16H,1-4H3. The first-order valence-electron chi connectivity index (χ1n) is 9.73. The number of rotatable bonds is 6. The molecule has 1 aromatic carbocycles. The van der Waals surface area contributed by atoms with Crippen LogP contribution in [0.1, 0.15) is 27.7 Å². The Morgan fingerprint density at radius 3 is 2.10 bits per heavy atom. The van der Waals surface area contributed by atoms with Crippen LogP contribution in [0.3, 0.4) is 0 Å². The summed E-state index contributed by atoms with van der Waals surface area (Å²) < 4.78 is 13.3. The van der Waals surface area contributed by atoms with E-state index in [4.69, 9.17) is 9.47 Å². The van der Waals surface area contributed by atoms with E-state index in [0.717, 1.165) is 33.9 Å². The molecule has 0 aliphatic heterocycles. The van der Waals surface area contributed by atoms with E-state index in [1.807, 2.05) is 56.5 Å². The zero-order chi connectivity index (χ0) is 20.4. The molecule has 6 nitrogen and oxygen atoms in total. The van der Waals surface area contributed by atoms with Crippen LogP contribution >= 0.6 is 0 Å². The number of hydrogen-bond acceptors (Lipinski definition) is 5. The fraction of sp³-hybridized carbons (Fsp3) is 0.261. The topological polar surface area (TPSA) is 61.5 Å². The molecule has 6 heteroatoms. The number of hydrogen-bond donors (Lipinski definition) is 0. The first-order valence-corrected chi connectivity index (χ1v) is 9.73. The number of pyridine rings is 1. The lowest BCUT2D eigenvalue weighted by Gasteiger charge is -2.11. The molecule has 0 aliphatic carbocycles. The van der Waals surface area contributed by atoms with Gasteiger partial charge in [-0.15, -0.1) is 0 Å². The largest absolute Gasteiger partial charge is 0.491 e. The summed E-state index contributed by atoms with van der Waals surface area (Å²) in [6, 6.07) is 12.2. The van der Waals surface area contributed by atoms with Gasteiger partial charge < -0.3 is 9.47 Å². The summed E-state index contributed by atoms with van der Waals surface area (Å²) in [5.74, 6) is 1.38. The molecule has 0 radical (unpaired) electrons. The van der Waals surface area contributed by atoms with Crippen molar-refractivity contribution in [1.29, 1.82) is 0 Å². The molecule has 148 valence electrons. The lowest BCUT2D eigenvalue weighted by Crippen LogP contribution is -2.07. The van der Waals surface area contributed by atoms with Crippen molar-refractivity contribution in [1.82, 2.24) is 19.4 Å². The van der Waals surface area contributed by atoms with E-state index < -0.39 is 0 Å². The van der Waals surface area contributed by atoms with Gasteiger partial charge in [0.05, 0.1) is 36.5 Å². The van der Waals surface area contributed by atoms with Crippen LogP contribution < -0.4 is 9.47 Å². The maximum Gasteiger partial charge on any atom is 0.232 e. The van der Waals surface area contributed by atoms with Gasteiger partial charge in [0.1, 0.15) is 17.1 Å². The van der Waals surface area contributed by atoms with Crippen molar-refractivity contribution >= 4 is 5.65 Å². The van der Waals surface area contributed by atoms with Crippen molar-refractivity contribution in [2.45, 2.75) is 39.9 Å². The smallest absolute Gasteiger partial charge is 0.232 e. The molecule has 0 spiro atoms. The second kappa shape index (κ2) is 7.91. The molecule has 0 unspecified atom stereocenters. The van der Waals surface area contributed by atoms with Crippen molar-refractivity contribution in [3.63, 3.8) is 0 Å². The molecule has 0 saturated carbocycles. The van der Waals surface area contributed by atoms with Gasteiger partial charge in [0.25, 0.3) is 0 Å². The number of ether oxygens (including phenoxy) is 2. The average molecular weight is 388 g/mol. The van der Waals surface area contributed by atoms with Crippen LogP contribution in [-0.4, -0.2) is 31.6 Å². The van der Waals surface area contributed by atoms with Gasteiger partial charge in [0.15, 0.2) is 0 Å². The monoisotopic (exact) mass is 388 g/mol. The highest BCUT2D eigenvalue weighted by Crippen LogP contribution is 2.26. The van der Waals surface area contributed by atoms with E-state index in [1.165, 1.54) is 0 Å². The summed E-state index contributed by atoms with van der Waals surface area (Å²) >= 11 is 0. The van der Waals surface area contributed by atoms with Crippen LogP contribution in [0.25, 0.3) is 28.2 Å². The number of aromatic nitrogens is 4. The number of imidazole rings is 1. The predicted molar refractivity (Wildman–Crippen MR) is 113 cm³/mol. The minimum Gasteiger partial charge on any atom is -0.491 e. The van der Waals surface area contributed by atoms with Crippen molar-refractivity contribution in [2.75, 3.05) is 0 Å². The number of nitrogens with zero attached hydrogens (tertiary/aromatic N) is 4. The van der Waals surface area contributed by atoms with Gasteiger partial charge in [-0.05, 0) is 63.1 Å². The Labute approximate surface area is 170 Å². The van der Waals surface area contributed by atoms with Crippen molar-refractivity contribution in [2.24, 2.45) is 0 Å². The molecule has 3 heterocycles. The highest BCUT2D eigenvalue weighted by Gasteiger charge is 2.10. The lowest BCUT2D eigenvalue weighted by atomic mass is 10.1. The van der Waals surface area contributed by atoms with E-state index in [0.29, 0.717) is 5.88 Å². The molecule has 0 amide bonds. The third kappa shape index (κ3) is 4.21.